The first-order chi connectivity index (χ1) is 14.3. The Hall–Kier alpha value is -3.32. The topological polar surface area (TPSA) is 72.7 Å². The Morgan fingerprint density at radius 3 is 2.66 bits per heavy atom. The van der Waals surface area contributed by atoms with Crippen molar-refractivity contribution < 1.29 is 4.79 Å². The Balaban J connectivity index is 1.30. The summed E-state index contributed by atoms with van der Waals surface area (Å²) in [5.41, 5.74) is 6.32. The van der Waals surface area contributed by atoms with Gasteiger partial charge in [0, 0.05) is 16.5 Å². The number of benzene rings is 2. The Labute approximate surface area is 172 Å². The fourth-order valence-electron chi connectivity index (χ4n) is 3.63. The molecule has 0 unspecified atom stereocenters. The summed E-state index contributed by atoms with van der Waals surface area (Å²) in [6.45, 7) is 0. The van der Waals surface area contributed by atoms with Crippen molar-refractivity contribution in [3.63, 3.8) is 0 Å². The fourth-order valence-corrected chi connectivity index (χ4v) is 4.35. The monoisotopic (exact) mass is 401 g/mol. The van der Waals surface area contributed by atoms with Gasteiger partial charge in [0.15, 0.2) is 5.13 Å². The van der Waals surface area contributed by atoms with Gasteiger partial charge in [-0.1, -0.05) is 12.1 Å². The van der Waals surface area contributed by atoms with Crippen LogP contribution < -0.4 is 5.32 Å². The summed E-state index contributed by atoms with van der Waals surface area (Å²) in [5.74, 6) is -0.179. The maximum Gasteiger partial charge on any atom is 0.257 e. The van der Waals surface area contributed by atoms with E-state index in [9.17, 15) is 4.79 Å². The minimum atomic E-state index is -0.179. The lowest BCUT2D eigenvalue weighted by atomic mass is 9.90. The van der Waals surface area contributed by atoms with Crippen LogP contribution >= 0.6 is 11.3 Å². The summed E-state index contributed by atoms with van der Waals surface area (Å²) >= 11 is 1.44. The molecule has 1 aliphatic rings. The van der Waals surface area contributed by atoms with Crippen LogP contribution in [0.1, 0.15) is 34.3 Å². The van der Waals surface area contributed by atoms with Crippen molar-refractivity contribution in [1.29, 1.82) is 0 Å². The SMILES string of the molecule is O=C(Nc1nc(-c2ccc3c(c2)CCCC3)cs1)c1ccc(-n2cncn2)cc1. The summed E-state index contributed by atoms with van der Waals surface area (Å²) < 4.78 is 1.65. The molecule has 0 saturated heterocycles. The van der Waals surface area contributed by atoms with Gasteiger partial charge in [0.1, 0.15) is 12.7 Å². The Morgan fingerprint density at radius 1 is 1.03 bits per heavy atom. The van der Waals surface area contributed by atoms with E-state index in [1.54, 1.807) is 23.1 Å². The van der Waals surface area contributed by atoms with Gasteiger partial charge in [-0.15, -0.1) is 11.3 Å². The number of carbonyl (C=O) groups excluding carboxylic acids is 1. The molecule has 6 nitrogen and oxygen atoms in total. The van der Waals surface area contributed by atoms with E-state index in [0.717, 1.165) is 23.4 Å². The molecule has 144 valence electrons. The lowest BCUT2D eigenvalue weighted by molar-refractivity contribution is 0.102. The Bertz CT molecular complexity index is 1150. The van der Waals surface area contributed by atoms with E-state index < -0.39 is 0 Å². The first-order valence-electron chi connectivity index (χ1n) is 9.60. The zero-order chi connectivity index (χ0) is 19.6. The third-order valence-electron chi connectivity index (χ3n) is 5.18. The van der Waals surface area contributed by atoms with Crippen molar-refractivity contribution in [3.8, 4) is 16.9 Å². The highest BCUT2D eigenvalue weighted by Crippen LogP contribution is 2.29. The zero-order valence-electron chi connectivity index (χ0n) is 15.7. The molecule has 2 heterocycles. The smallest absolute Gasteiger partial charge is 0.257 e. The van der Waals surface area contributed by atoms with E-state index in [4.69, 9.17) is 0 Å². The number of fused-ring (bicyclic) bond motifs is 1. The van der Waals surface area contributed by atoms with Crippen LogP contribution in [0.25, 0.3) is 16.9 Å². The number of nitrogens with one attached hydrogen (secondary N) is 1. The minimum absolute atomic E-state index is 0.179. The molecule has 0 saturated carbocycles. The third kappa shape index (κ3) is 3.69. The molecule has 0 fully saturated rings. The molecular weight excluding hydrogens is 382 g/mol. The van der Waals surface area contributed by atoms with Crippen molar-refractivity contribution in [2.75, 3.05) is 5.32 Å². The molecule has 0 aliphatic heterocycles. The number of hydrogen-bond donors (Lipinski definition) is 1. The highest BCUT2D eigenvalue weighted by molar-refractivity contribution is 7.14. The van der Waals surface area contributed by atoms with Crippen LogP contribution in [0, 0.1) is 0 Å². The first kappa shape index (κ1) is 17.8. The van der Waals surface area contributed by atoms with Crippen LogP contribution in [0.2, 0.25) is 0 Å². The number of nitrogens with zero attached hydrogens (tertiary/aromatic N) is 4. The summed E-state index contributed by atoms with van der Waals surface area (Å²) in [4.78, 5) is 21.1. The number of carbonyl (C=O) groups is 1. The highest BCUT2D eigenvalue weighted by atomic mass is 32.1. The van der Waals surface area contributed by atoms with Gasteiger partial charge in [0.25, 0.3) is 5.91 Å². The summed E-state index contributed by atoms with van der Waals surface area (Å²) in [7, 11) is 0. The van der Waals surface area contributed by atoms with Gasteiger partial charge >= 0.3 is 0 Å². The largest absolute Gasteiger partial charge is 0.298 e. The van der Waals surface area contributed by atoms with Gasteiger partial charge in [0.05, 0.1) is 11.4 Å². The van der Waals surface area contributed by atoms with Crippen LogP contribution in [0.4, 0.5) is 5.13 Å². The first-order valence-corrected chi connectivity index (χ1v) is 10.5. The molecule has 4 aromatic rings. The molecular formula is C22H19N5OS. The van der Waals surface area contributed by atoms with Crippen molar-refractivity contribution in [2.24, 2.45) is 0 Å². The van der Waals surface area contributed by atoms with E-state index >= 15 is 0 Å². The van der Waals surface area contributed by atoms with E-state index in [1.807, 2.05) is 17.5 Å². The molecule has 0 spiro atoms. The number of hydrogen-bond acceptors (Lipinski definition) is 5. The molecule has 0 atom stereocenters. The van der Waals surface area contributed by atoms with Crippen LogP contribution in [-0.2, 0) is 12.8 Å². The minimum Gasteiger partial charge on any atom is -0.298 e. The maximum atomic E-state index is 12.6. The van der Waals surface area contributed by atoms with Gasteiger partial charge in [-0.3, -0.25) is 10.1 Å². The summed E-state index contributed by atoms with van der Waals surface area (Å²) in [6.07, 6.45) is 7.94. The number of amides is 1. The predicted octanol–water partition coefficient (Wildman–Crippen LogP) is 4.52. The van der Waals surface area contributed by atoms with Crippen molar-refractivity contribution in [2.45, 2.75) is 25.7 Å². The van der Waals surface area contributed by atoms with Gasteiger partial charge in [-0.25, -0.2) is 14.6 Å². The van der Waals surface area contributed by atoms with Crippen LogP contribution in [0.5, 0.6) is 0 Å². The molecule has 2 aromatic heterocycles. The Morgan fingerprint density at radius 2 is 1.86 bits per heavy atom. The van der Waals surface area contributed by atoms with Gasteiger partial charge in [0.2, 0.25) is 0 Å². The normalized spacial score (nSPS) is 13.1. The van der Waals surface area contributed by atoms with Crippen LogP contribution in [0.3, 0.4) is 0 Å². The predicted molar refractivity (Wildman–Crippen MR) is 114 cm³/mol. The van der Waals surface area contributed by atoms with E-state index in [0.29, 0.717) is 10.7 Å². The fraction of sp³-hybridized carbons (Fsp3) is 0.182. The molecule has 5 rings (SSSR count). The third-order valence-corrected chi connectivity index (χ3v) is 5.94. The molecule has 1 amide bonds. The van der Waals surface area contributed by atoms with E-state index in [1.165, 1.54) is 48.1 Å². The van der Waals surface area contributed by atoms with Crippen LogP contribution in [-0.4, -0.2) is 25.7 Å². The lowest BCUT2D eigenvalue weighted by Crippen LogP contribution is -2.11. The number of thiazole rings is 1. The highest BCUT2D eigenvalue weighted by Gasteiger charge is 2.13. The van der Waals surface area contributed by atoms with Gasteiger partial charge in [-0.05, 0) is 67.1 Å². The second kappa shape index (κ2) is 7.60. The number of anilines is 1. The maximum absolute atomic E-state index is 12.6. The number of aromatic nitrogens is 4. The van der Waals surface area contributed by atoms with Crippen molar-refractivity contribution in [1.82, 2.24) is 19.7 Å². The molecule has 2 aromatic carbocycles. The molecule has 29 heavy (non-hydrogen) atoms. The second-order valence-electron chi connectivity index (χ2n) is 7.07. The summed E-state index contributed by atoms with van der Waals surface area (Å²) in [5, 5.41) is 9.58. The van der Waals surface area contributed by atoms with Crippen molar-refractivity contribution >= 4 is 22.4 Å². The second-order valence-corrected chi connectivity index (χ2v) is 7.93. The lowest BCUT2D eigenvalue weighted by Gasteiger charge is -2.16. The van der Waals surface area contributed by atoms with Gasteiger partial charge in [-0.2, -0.15) is 5.10 Å². The van der Waals surface area contributed by atoms with E-state index in [2.05, 4.69) is 38.6 Å². The van der Waals surface area contributed by atoms with Gasteiger partial charge < -0.3 is 0 Å². The quantitative estimate of drug-likeness (QED) is 0.546. The van der Waals surface area contributed by atoms with E-state index in [-0.39, 0.29) is 5.91 Å². The number of rotatable bonds is 4. The van der Waals surface area contributed by atoms with Crippen molar-refractivity contribution in [3.05, 3.63) is 77.2 Å². The average molecular weight is 401 g/mol. The Kier molecular flexibility index (Phi) is 4.65. The summed E-state index contributed by atoms with van der Waals surface area (Å²) in [6, 6.07) is 13.8. The molecule has 0 bridgehead atoms. The van der Waals surface area contributed by atoms with Crippen LogP contribution in [0.15, 0.2) is 60.5 Å². The number of aryl methyl sites for hydroxylation is 2. The molecule has 0 radical (unpaired) electrons. The average Bonchev–Trinajstić information content (AvgIpc) is 3.46. The molecule has 7 heteroatoms. The molecule has 1 N–H and O–H groups in total. The molecule has 1 aliphatic carbocycles. The zero-order valence-corrected chi connectivity index (χ0v) is 16.5. The standard InChI is InChI=1S/C22H19N5OS/c28-21(16-7-9-19(10-8-16)27-14-23-13-24-27)26-22-25-20(12-29-22)18-6-5-15-3-1-2-4-17(15)11-18/h5-14H,1-4H2,(H,25,26,28).